The Hall–Kier alpha value is -1.00. The molecule has 1 fully saturated rings. The molecule has 1 N–H and O–H groups in total. The Morgan fingerprint density at radius 2 is 2.06 bits per heavy atom. The van der Waals surface area contributed by atoms with Crippen molar-refractivity contribution in [2.75, 3.05) is 13.1 Å². The standard InChI is InChI=1S/C12H15F2NO/c13-11-4-1-5-12(14)10(11)8-16-9-3-2-6-15-7-9/h1,4-5,9,15H,2-3,6-8H2/t9-/m1/s1. The van der Waals surface area contributed by atoms with Crippen LogP contribution in [0.4, 0.5) is 8.78 Å². The van der Waals surface area contributed by atoms with Gasteiger partial charge in [0.25, 0.3) is 0 Å². The van der Waals surface area contributed by atoms with E-state index in [0.29, 0.717) is 0 Å². The highest BCUT2D eigenvalue weighted by molar-refractivity contribution is 5.18. The molecule has 1 atom stereocenters. The average Bonchev–Trinajstić information content (AvgIpc) is 2.30. The Morgan fingerprint density at radius 1 is 1.31 bits per heavy atom. The first-order valence-electron chi connectivity index (χ1n) is 5.52. The van der Waals surface area contributed by atoms with Crippen LogP contribution < -0.4 is 5.32 Å². The van der Waals surface area contributed by atoms with Crippen LogP contribution in [0, 0.1) is 11.6 Å². The fraction of sp³-hybridized carbons (Fsp3) is 0.500. The van der Waals surface area contributed by atoms with E-state index >= 15 is 0 Å². The van der Waals surface area contributed by atoms with Crippen molar-refractivity contribution in [2.24, 2.45) is 0 Å². The van der Waals surface area contributed by atoms with Crippen LogP contribution in [-0.2, 0) is 11.3 Å². The van der Waals surface area contributed by atoms with E-state index in [4.69, 9.17) is 4.74 Å². The summed E-state index contributed by atoms with van der Waals surface area (Å²) < 4.78 is 32.0. The summed E-state index contributed by atoms with van der Waals surface area (Å²) in [7, 11) is 0. The van der Waals surface area contributed by atoms with E-state index in [1.165, 1.54) is 18.2 Å². The van der Waals surface area contributed by atoms with E-state index in [0.717, 1.165) is 25.9 Å². The van der Waals surface area contributed by atoms with Gasteiger partial charge in [-0.2, -0.15) is 0 Å². The van der Waals surface area contributed by atoms with Crippen molar-refractivity contribution < 1.29 is 13.5 Å². The van der Waals surface area contributed by atoms with Gasteiger partial charge in [0.2, 0.25) is 0 Å². The molecule has 2 rings (SSSR count). The number of rotatable bonds is 3. The second-order valence-corrected chi connectivity index (χ2v) is 3.98. The monoisotopic (exact) mass is 227 g/mol. The summed E-state index contributed by atoms with van der Waals surface area (Å²) in [6, 6.07) is 3.86. The SMILES string of the molecule is Fc1cccc(F)c1CO[C@@H]1CCCNC1. The fourth-order valence-corrected chi connectivity index (χ4v) is 1.83. The number of ether oxygens (including phenoxy) is 1. The number of hydrogen-bond donors (Lipinski definition) is 1. The van der Waals surface area contributed by atoms with Gasteiger partial charge in [-0.05, 0) is 31.5 Å². The van der Waals surface area contributed by atoms with Crippen molar-refractivity contribution in [3.63, 3.8) is 0 Å². The maximum Gasteiger partial charge on any atom is 0.131 e. The van der Waals surface area contributed by atoms with Crippen molar-refractivity contribution in [1.29, 1.82) is 0 Å². The molecule has 4 heteroatoms. The van der Waals surface area contributed by atoms with Crippen LogP contribution in [0.5, 0.6) is 0 Å². The van der Waals surface area contributed by atoms with Gasteiger partial charge < -0.3 is 10.1 Å². The Kier molecular flexibility index (Phi) is 3.85. The third-order valence-corrected chi connectivity index (χ3v) is 2.78. The largest absolute Gasteiger partial charge is 0.372 e. The van der Waals surface area contributed by atoms with Gasteiger partial charge >= 0.3 is 0 Å². The van der Waals surface area contributed by atoms with Crippen LogP contribution in [0.3, 0.4) is 0 Å². The lowest BCUT2D eigenvalue weighted by atomic mass is 10.1. The second kappa shape index (κ2) is 5.37. The van der Waals surface area contributed by atoms with Crippen LogP contribution >= 0.6 is 0 Å². The van der Waals surface area contributed by atoms with Gasteiger partial charge in [-0.3, -0.25) is 0 Å². The Morgan fingerprint density at radius 3 is 2.69 bits per heavy atom. The highest BCUT2D eigenvalue weighted by Crippen LogP contribution is 2.15. The normalized spacial score (nSPS) is 21.0. The van der Waals surface area contributed by atoms with E-state index in [-0.39, 0.29) is 18.3 Å². The summed E-state index contributed by atoms with van der Waals surface area (Å²) in [5, 5.41) is 3.19. The number of hydrogen-bond acceptors (Lipinski definition) is 2. The predicted octanol–water partition coefficient (Wildman–Crippen LogP) is 2.23. The van der Waals surface area contributed by atoms with Gasteiger partial charge in [0.1, 0.15) is 11.6 Å². The third-order valence-electron chi connectivity index (χ3n) is 2.78. The molecular formula is C12H15F2NO. The van der Waals surface area contributed by atoms with Crippen LogP contribution in [0.1, 0.15) is 18.4 Å². The zero-order valence-electron chi connectivity index (χ0n) is 9.01. The molecular weight excluding hydrogens is 212 g/mol. The molecule has 0 unspecified atom stereocenters. The minimum absolute atomic E-state index is 0.00481. The highest BCUT2D eigenvalue weighted by atomic mass is 19.1. The average molecular weight is 227 g/mol. The molecule has 1 aliphatic rings. The molecule has 0 aliphatic carbocycles. The fourth-order valence-electron chi connectivity index (χ4n) is 1.83. The Balaban J connectivity index is 1.93. The summed E-state index contributed by atoms with van der Waals surface area (Å²) >= 11 is 0. The van der Waals surface area contributed by atoms with E-state index in [2.05, 4.69) is 5.32 Å². The molecule has 1 aromatic carbocycles. The number of halogens is 2. The van der Waals surface area contributed by atoms with Crippen molar-refractivity contribution in [3.8, 4) is 0 Å². The molecule has 2 nitrogen and oxygen atoms in total. The van der Waals surface area contributed by atoms with Crippen LogP contribution in [-0.4, -0.2) is 19.2 Å². The van der Waals surface area contributed by atoms with Gasteiger partial charge in [-0.15, -0.1) is 0 Å². The van der Waals surface area contributed by atoms with Crippen molar-refractivity contribution in [1.82, 2.24) is 5.32 Å². The third kappa shape index (κ3) is 2.77. The topological polar surface area (TPSA) is 21.3 Å². The van der Waals surface area contributed by atoms with Crippen LogP contribution in [0.15, 0.2) is 18.2 Å². The molecule has 0 spiro atoms. The lowest BCUT2D eigenvalue weighted by Gasteiger charge is -2.23. The zero-order chi connectivity index (χ0) is 11.4. The van der Waals surface area contributed by atoms with Gasteiger partial charge in [-0.1, -0.05) is 6.07 Å². The summed E-state index contributed by atoms with van der Waals surface area (Å²) in [5.74, 6) is -1.08. The predicted molar refractivity (Wildman–Crippen MR) is 57.0 cm³/mol. The van der Waals surface area contributed by atoms with Crippen molar-refractivity contribution in [3.05, 3.63) is 35.4 Å². The molecule has 0 radical (unpaired) electrons. The van der Waals surface area contributed by atoms with Crippen molar-refractivity contribution in [2.45, 2.75) is 25.6 Å². The maximum absolute atomic E-state index is 13.3. The van der Waals surface area contributed by atoms with Gasteiger partial charge in [-0.25, -0.2) is 8.78 Å². The Bertz CT molecular complexity index is 331. The molecule has 0 bridgehead atoms. The van der Waals surface area contributed by atoms with Gasteiger partial charge in [0.15, 0.2) is 0 Å². The molecule has 1 aromatic rings. The molecule has 16 heavy (non-hydrogen) atoms. The number of benzene rings is 1. The molecule has 88 valence electrons. The summed E-state index contributed by atoms with van der Waals surface area (Å²) in [6.45, 7) is 1.76. The number of nitrogens with one attached hydrogen (secondary N) is 1. The van der Waals surface area contributed by atoms with Gasteiger partial charge in [0, 0.05) is 12.1 Å². The van der Waals surface area contributed by atoms with Crippen molar-refractivity contribution >= 4 is 0 Å². The molecule has 1 heterocycles. The van der Waals surface area contributed by atoms with Crippen LogP contribution in [0.25, 0.3) is 0 Å². The first kappa shape index (κ1) is 11.5. The lowest BCUT2D eigenvalue weighted by molar-refractivity contribution is 0.0225. The second-order valence-electron chi connectivity index (χ2n) is 3.98. The molecule has 1 aliphatic heterocycles. The molecule has 0 saturated carbocycles. The maximum atomic E-state index is 13.3. The summed E-state index contributed by atoms with van der Waals surface area (Å²) in [4.78, 5) is 0. The van der Waals surface area contributed by atoms with E-state index < -0.39 is 11.6 Å². The van der Waals surface area contributed by atoms with Crippen LogP contribution in [0.2, 0.25) is 0 Å². The minimum atomic E-state index is -0.538. The lowest BCUT2D eigenvalue weighted by Crippen LogP contribution is -2.35. The zero-order valence-corrected chi connectivity index (χ0v) is 9.01. The Labute approximate surface area is 93.6 Å². The number of piperidine rings is 1. The van der Waals surface area contributed by atoms with E-state index in [1.807, 2.05) is 0 Å². The minimum Gasteiger partial charge on any atom is -0.372 e. The van der Waals surface area contributed by atoms with Gasteiger partial charge in [0.05, 0.1) is 12.7 Å². The smallest absolute Gasteiger partial charge is 0.131 e. The molecule has 0 aromatic heterocycles. The first-order chi connectivity index (χ1) is 7.77. The molecule has 1 saturated heterocycles. The summed E-state index contributed by atoms with van der Waals surface area (Å²) in [5.41, 5.74) is 0.0214. The molecule has 0 amide bonds. The van der Waals surface area contributed by atoms with E-state index in [1.54, 1.807) is 0 Å². The summed E-state index contributed by atoms with van der Waals surface area (Å²) in [6.07, 6.45) is 2.06. The van der Waals surface area contributed by atoms with E-state index in [9.17, 15) is 8.78 Å². The highest BCUT2D eigenvalue weighted by Gasteiger charge is 2.15. The first-order valence-corrected chi connectivity index (χ1v) is 5.52. The quantitative estimate of drug-likeness (QED) is 0.855.